The number of fused-ring (bicyclic) bond motifs is 1. The molecule has 0 aliphatic carbocycles. The number of hydrogen-bond donors (Lipinski definition) is 1. The summed E-state index contributed by atoms with van der Waals surface area (Å²) in [5.74, 6) is 0.0818. The molecule has 2 aliphatic rings. The van der Waals surface area contributed by atoms with Crippen LogP contribution in [-0.2, 0) is 22.9 Å². The first-order valence-corrected chi connectivity index (χ1v) is 10.7. The van der Waals surface area contributed by atoms with Crippen molar-refractivity contribution in [3.8, 4) is 5.75 Å². The number of nitrogens with zero attached hydrogens (tertiary/aromatic N) is 2. The van der Waals surface area contributed by atoms with Crippen LogP contribution in [0.15, 0.2) is 42.5 Å². The Morgan fingerprint density at radius 3 is 2.32 bits per heavy atom. The highest BCUT2D eigenvalue weighted by molar-refractivity contribution is 5.93. The number of carbonyl (C=O) groups excluding carboxylic acids is 1. The maximum absolute atomic E-state index is 13.3. The molecule has 2 aromatic rings. The maximum atomic E-state index is 13.3. The smallest absolute Gasteiger partial charge is 0.416 e. The highest BCUT2D eigenvalue weighted by Crippen LogP contribution is 2.44. The van der Waals surface area contributed by atoms with E-state index in [1.54, 1.807) is 19.1 Å². The second-order valence-electron chi connectivity index (χ2n) is 8.50. The fourth-order valence-electron chi connectivity index (χ4n) is 5.07. The van der Waals surface area contributed by atoms with Crippen LogP contribution >= 0.6 is 0 Å². The maximum Gasteiger partial charge on any atom is 0.416 e. The number of piperidine rings is 1. The van der Waals surface area contributed by atoms with Crippen molar-refractivity contribution in [1.29, 1.82) is 0 Å². The predicted molar refractivity (Wildman–Crippen MR) is 113 cm³/mol. The molecule has 2 heterocycles. The average molecular weight is 432 g/mol. The van der Waals surface area contributed by atoms with Crippen molar-refractivity contribution in [3.05, 3.63) is 59.2 Å². The van der Waals surface area contributed by atoms with Crippen molar-refractivity contribution < 1.29 is 23.1 Å². The molecular formula is C24H27F3N2O2. The minimum atomic E-state index is -4.41. The molecule has 4 rings (SSSR count). The summed E-state index contributed by atoms with van der Waals surface area (Å²) in [6, 6.07) is 10.3. The Morgan fingerprint density at radius 2 is 1.71 bits per heavy atom. The molecule has 1 saturated heterocycles. The fourth-order valence-corrected chi connectivity index (χ4v) is 5.07. The summed E-state index contributed by atoms with van der Waals surface area (Å²) in [4.78, 5) is 17.5. The van der Waals surface area contributed by atoms with Gasteiger partial charge in [-0.05, 0) is 75.2 Å². The van der Waals surface area contributed by atoms with Crippen LogP contribution in [0.5, 0.6) is 5.75 Å². The van der Waals surface area contributed by atoms with Gasteiger partial charge in [0.25, 0.3) is 0 Å². The number of aromatic hydroxyl groups is 1. The van der Waals surface area contributed by atoms with E-state index in [4.69, 9.17) is 0 Å². The first-order valence-electron chi connectivity index (χ1n) is 10.7. The Labute approximate surface area is 180 Å². The van der Waals surface area contributed by atoms with Gasteiger partial charge >= 0.3 is 6.18 Å². The van der Waals surface area contributed by atoms with Gasteiger partial charge in [0.05, 0.1) is 5.56 Å². The number of halogens is 3. The third-order valence-corrected chi connectivity index (χ3v) is 6.63. The minimum absolute atomic E-state index is 0.0791. The standard InChI is InChI=1S/C24H27F3N2O2/c1-17(30)23(16-28-13-3-2-4-14-28)21-6-5-7-22(31)20(21)12-15-29(23)19-10-8-18(9-11-19)24(25,26)27/h5-11,31H,2-4,12-16H2,1H3. The van der Waals surface area contributed by atoms with Gasteiger partial charge in [-0.15, -0.1) is 0 Å². The zero-order valence-corrected chi connectivity index (χ0v) is 17.6. The van der Waals surface area contributed by atoms with Gasteiger partial charge in [-0.1, -0.05) is 18.6 Å². The molecule has 0 amide bonds. The fraction of sp³-hybridized carbons (Fsp3) is 0.458. The van der Waals surface area contributed by atoms with E-state index >= 15 is 0 Å². The number of ketones is 1. The Hall–Kier alpha value is -2.54. The van der Waals surface area contributed by atoms with Crippen molar-refractivity contribution in [2.24, 2.45) is 0 Å². The molecule has 2 aromatic carbocycles. The van der Waals surface area contributed by atoms with E-state index < -0.39 is 17.3 Å². The van der Waals surface area contributed by atoms with Crippen LogP contribution in [0.2, 0.25) is 0 Å². The lowest BCUT2D eigenvalue weighted by Gasteiger charge is -2.50. The molecule has 1 atom stereocenters. The number of carbonyl (C=O) groups is 1. The molecule has 7 heteroatoms. The summed E-state index contributed by atoms with van der Waals surface area (Å²) in [5.41, 5.74) is 0.295. The van der Waals surface area contributed by atoms with Crippen molar-refractivity contribution in [2.75, 3.05) is 31.1 Å². The van der Waals surface area contributed by atoms with Crippen LogP contribution in [0.4, 0.5) is 18.9 Å². The van der Waals surface area contributed by atoms with E-state index in [1.807, 2.05) is 11.0 Å². The number of alkyl halides is 3. The quantitative estimate of drug-likeness (QED) is 0.758. The van der Waals surface area contributed by atoms with E-state index in [0.717, 1.165) is 55.6 Å². The van der Waals surface area contributed by atoms with Gasteiger partial charge < -0.3 is 14.9 Å². The molecule has 0 aromatic heterocycles. The largest absolute Gasteiger partial charge is 0.508 e. The third-order valence-electron chi connectivity index (χ3n) is 6.63. The van der Waals surface area contributed by atoms with Gasteiger partial charge in [-0.3, -0.25) is 4.79 Å². The topological polar surface area (TPSA) is 43.8 Å². The summed E-state index contributed by atoms with van der Waals surface area (Å²) < 4.78 is 39.3. The monoisotopic (exact) mass is 432 g/mol. The molecule has 1 N–H and O–H groups in total. The number of hydrogen-bond acceptors (Lipinski definition) is 4. The molecule has 0 bridgehead atoms. The molecule has 2 aliphatic heterocycles. The highest BCUT2D eigenvalue weighted by Gasteiger charge is 2.49. The van der Waals surface area contributed by atoms with Crippen molar-refractivity contribution in [3.63, 3.8) is 0 Å². The predicted octanol–water partition coefficient (Wildman–Crippen LogP) is 4.74. The lowest BCUT2D eigenvalue weighted by molar-refractivity contribution is -0.137. The number of phenols is 1. The minimum Gasteiger partial charge on any atom is -0.508 e. The van der Waals surface area contributed by atoms with Crippen LogP contribution in [0.1, 0.15) is 42.9 Å². The zero-order chi connectivity index (χ0) is 22.2. The molecule has 0 spiro atoms. The summed E-state index contributed by atoms with van der Waals surface area (Å²) in [6.07, 6.45) is -0.631. The Morgan fingerprint density at radius 1 is 1.03 bits per heavy atom. The van der Waals surface area contributed by atoms with E-state index in [9.17, 15) is 23.1 Å². The van der Waals surface area contributed by atoms with Gasteiger partial charge in [0, 0.05) is 24.3 Å². The van der Waals surface area contributed by atoms with Crippen LogP contribution < -0.4 is 4.90 Å². The van der Waals surface area contributed by atoms with E-state index in [2.05, 4.69) is 4.90 Å². The Kier molecular flexibility index (Phi) is 5.73. The summed E-state index contributed by atoms with van der Waals surface area (Å²) >= 11 is 0. The lowest BCUT2D eigenvalue weighted by Crippen LogP contribution is -2.61. The molecular weight excluding hydrogens is 405 g/mol. The highest BCUT2D eigenvalue weighted by atomic mass is 19.4. The van der Waals surface area contributed by atoms with Crippen molar-refractivity contribution in [2.45, 2.75) is 44.3 Å². The van der Waals surface area contributed by atoms with Crippen LogP contribution in [0, 0.1) is 0 Å². The summed E-state index contributed by atoms with van der Waals surface area (Å²) in [5, 5.41) is 10.5. The van der Waals surface area contributed by atoms with Crippen LogP contribution in [0.25, 0.3) is 0 Å². The number of anilines is 1. The number of rotatable bonds is 4. The van der Waals surface area contributed by atoms with Crippen LogP contribution in [-0.4, -0.2) is 42.0 Å². The zero-order valence-electron chi connectivity index (χ0n) is 17.6. The van der Waals surface area contributed by atoms with Gasteiger partial charge in [0.2, 0.25) is 0 Å². The van der Waals surface area contributed by atoms with E-state index in [0.29, 0.717) is 25.2 Å². The van der Waals surface area contributed by atoms with Gasteiger partial charge in [-0.2, -0.15) is 13.2 Å². The molecule has 0 radical (unpaired) electrons. The molecule has 0 saturated carbocycles. The second-order valence-corrected chi connectivity index (χ2v) is 8.50. The number of Topliss-reactive ketones (excluding diaryl/α,β-unsaturated/α-hetero) is 1. The van der Waals surface area contributed by atoms with E-state index in [1.165, 1.54) is 12.1 Å². The molecule has 1 fully saturated rings. The van der Waals surface area contributed by atoms with Crippen LogP contribution in [0.3, 0.4) is 0 Å². The van der Waals surface area contributed by atoms with Crippen molar-refractivity contribution in [1.82, 2.24) is 4.90 Å². The second kappa shape index (κ2) is 8.19. The molecule has 1 unspecified atom stereocenters. The Bertz CT molecular complexity index is 952. The van der Waals surface area contributed by atoms with Gasteiger partial charge in [0.15, 0.2) is 5.78 Å². The molecule has 4 nitrogen and oxygen atoms in total. The third kappa shape index (κ3) is 3.91. The van der Waals surface area contributed by atoms with Gasteiger partial charge in [-0.25, -0.2) is 0 Å². The number of likely N-dealkylation sites (tertiary alicyclic amines) is 1. The van der Waals surface area contributed by atoms with Crippen molar-refractivity contribution >= 4 is 11.5 Å². The first kappa shape index (κ1) is 21.7. The molecule has 31 heavy (non-hydrogen) atoms. The number of phenolic OH excluding ortho intramolecular Hbond substituents is 1. The van der Waals surface area contributed by atoms with Gasteiger partial charge in [0.1, 0.15) is 11.3 Å². The molecule has 166 valence electrons. The summed E-state index contributed by atoms with van der Waals surface area (Å²) in [6.45, 7) is 4.18. The average Bonchev–Trinajstić information content (AvgIpc) is 2.74. The van der Waals surface area contributed by atoms with E-state index in [-0.39, 0.29) is 11.5 Å². The SMILES string of the molecule is CC(=O)C1(CN2CCCCC2)c2cccc(O)c2CCN1c1ccc(C(F)(F)F)cc1. The summed E-state index contributed by atoms with van der Waals surface area (Å²) in [7, 11) is 0. The first-order chi connectivity index (χ1) is 14.7. The normalized spacial score (nSPS) is 22.3. The number of benzene rings is 2. The lowest BCUT2D eigenvalue weighted by atomic mass is 9.76. The Balaban J connectivity index is 1.83.